The van der Waals surface area contributed by atoms with Gasteiger partial charge in [0.25, 0.3) is 5.91 Å². The van der Waals surface area contributed by atoms with Crippen LogP contribution < -0.4 is 16.4 Å². The number of nitrogens with two attached hydrogens (primary N) is 1. The van der Waals surface area contributed by atoms with Crippen LogP contribution in [0.25, 0.3) is 0 Å². The van der Waals surface area contributed by atoms with Crippen molar-refractivity contribution in [1.29, 1.82) is 0 Å². The van der Waals surface area contributed by atoms with Gasteiger partial charge in [0, 0.05) is 61.3 Å². The topological polar surface area (TPSA) is 92.5 Å². The number of hydrogen-bond donors (Lipinski definition) is 3. The molecule has 0 spiro atoms. The summed E-state index contributed by atoms with van der Waals surface area (Å²) in [5.74, 6) is 4.14. The van der Waals surface area contributed by atoms with Crippen molar-refractivity contribution >= 4 is 17.4 Å². The fraction of sp³-hybridized carbons (Fsp3) is 0.310. The van der Waals surface area contributed by atoms with Crippen LogP contribution in [0.2, 0.25) is 0 Å². The van der Waals surface area contributed by atoms with Gasteiger partial charge >= 0.3 is 6.18 Å². The predicted octanol–water partition coefficient (Wildman–Crippen LogP) is 4.20. The molecule has 11 heteroatoms. The first kappa shape index (κ1) is 29.0. The van der Waals surface area contributed by atoms with Gasteiger partial charge in [0.1, 0.15) is 0 Å². The van der Waals surface area contributed by atoms with E-state index in [1.807, 2.05) is 0 Å². The van der Waals surface area contributed by atoms with E-state index in [0.717, 1.165) is 37.3 Å². The van der Waals surface area contributed by atoms with Crippen molar-refractivity contribution in [2.24, 2.45) is 0 Å². The third kappa shape index (κ3) is 7.79. The Hall–Kier alpha value is -3.98. The molecule has 0 radical (unpaired) electrons. The number of carbonyl (C=O) groups excluding carboxylic acids is 1. The Kier molecular flexibility index (Phi) is 9.37. The number of aromatic nitrogens is 1. The van der Waals surface area contributed by atoms with Crippen molar-refractivity contribution < 1.29 is 27.1 Å². The molecule has 4 N–H and O–H groups in total. The second-order valence-corrected chi connectivity index (χ2v) is 9.33. The minimum Gasteiger partial charge on any atom is -0.381 e. The normalized spacial score (nSPS) is 13.9. The summed E-state index contributed by atoms with van der Waals surface area (Å²) in [6.45, 7) is 6.01. The summed E-state index contributed by atoms with van der Waals surface area (Å²) in [6.07, 6.45) is -3.26. The van der Waals surface area contributed by atoms with Crippen LogP contribution in [0.5, 0.6) is 0 Å². The number of rotatable bonds is 7. The van der Waals surface area contributed by atoms with Crippen molar-refractivity contribution in [3.8, 4) is 11.8 Å². The van der Waals surface area contributed by atoms with Gasteiger partial charge in [-0.2, -0.15) is 13.2 Å². The Morgan fingerprint density at radius 3 is 2.62 bits per heavy atom. The lowest BCUT2D eigenvalue weighted by atomic mass is 10.0. The molecule has 0 bridgehead atoms. The molecule has 7 nitrogen and oxygen atoms in total. The average molecular weight is 556 g/mol. The zero-order valence-corrected chi connectivity index (χ0v) is 21.9. The van der Waals surface area contributed by atoms with Crippen LogP contribution in [0.4, 0.5) is 29.1 Å². The number of benzene rings is 2. The van der Waals surface area contributed by atoms with E-state index in [1.54, 1.807) is 19.1 Å². The van der Waals surface area contributed by atoms with E-state index in [0.29, 0.717) is 30.9 Å². The zero-order valence-electron chi connectivity index (χ0n) is 21.9. The first-order valence-electron chi connectivity index (χ1n) is 12.7. The fourth-order valence-electron chi connectivity index (χ4n) is 4.11. The van der Waals surface area contributed by atoms with Crippen LogP contribution in [-0.2, 0) is 17.5 Å². The molecule has 1 fully saturated rings. The number of ether oxygens (including phenoxy) is 1. The highest BCUT2D eigenvalue weighted by molar-refractivity contribution is 6.04. The molecular weight excluding hydrogens is 526 g/mol. The maximum atomic E-state index is 13.8. The quantitative estimate of drug-likeness (QED) is 0.230. The molecule has 40 heavy (non-hydrogen) atoms. The molecule has 0 unspecified atom stereocenters. The number of hydrogen-bond acceptors (Lipinski definition) is 6. The molecule has 1 aliphatic rings. The van der Waals surface area contributed by atoms with Crippen LogP contribution in [0.15, 0.2) is 48.7 Å². The summed E-state index contributed by atoms with van der Waals surface area (Å²) in [4.78, 5) is 18.8. The van der Waals surface area contributed by atoms with Gasteiger partial charge in [0.2, 0.25) is 0 Å². The van der Waals surface area contributed by atoms with E-state index in [9.17, 15) is 22.4 Å². The Bertz CT molecular complexity index is 1430. The number of amides is 1. The fourth-order valence-corrected chi connectivity index (χ4v) is 4.11. The van der Waals surface area contributed by atoms with E-state index < -0.39 is 23.5 Å². The van der Waals surface area contributed by atoms with Crippen LogP contribution in [0.1, 0.15) is 38.2 Å². The number of nitrogens with zero attached hydrogens (tertiary/aromatic N) is 2. The number of morpholine rings is 1. The molecule has 2 heterocycles. The summed E-state index contributed by atoms with van der Waals surface area (Å²) in [7, 11) is 0. The molecule has 2 aromatic carbocycles. The molecule has 1 amide bonds. The third-order valence-corrected chi connectivity index (χ3v) is 6.41. The number of pyridine rings is 1. The lowest BCUT2D eigenvalue weighted by molar-refractivity contribution is -0.138. The number of carbonyl (C=O) groups is 1. The predicted molar refractivity (Wildman–Crippen MR) is 144 cm³/mol. The highest BCUT2D eigenvalue weighted by atomic mass is 19.4. The second kappa shape index (κ2) is 12.9. The van der Waals surface area contributed by atoms with Crippen LogP contribution >= 0.6 is 0 Å². The summed E-state index contributed by atoms with van der Waals surface area (Å²) in [5.41, 5.74) is 6.45. The number of nitrogen functional groups attached to an aromatic ring is 1. The number of alkyl halides is 3. The SMILES string of the molecule is Cc1ccc(C(=O)Nc2ccc(CNCCN3CCOCC3)c(C(F)(F)F)c2)cc1C#Cc1cnc(N)c(F)c1. The first-order chi connectivity index (χ1) is 19.1. The number of halogens is 4. The summed E-state index contributed by atoms with van der Waals surface area (Å²) < 4.78 is 60.5. The van der Waals surface area contributed by atoms with Gasteiger partial charge in [-0.3, -0.25) is 9.69 Å². The number of aryl methyl sites for hydroxylation is 1. The molecule has 1 aromatic heterocycles. The van der Waals surface area contributed by atoms with Crippen molar-refractivity contribution in [1.82, 2.24) is 15.2 Å². The van der Waals surface area contributed by atoms with E-state index in [-0.39, 0.29) is 29.2 Å². The minimum atomic E-state index is -4.59. The molecule has 210 valence electrons. The highest BCUT2D eigenvalue weighted by Gasteiger charge is 2.33. The van der Waals surface area contributed by atoms with Gasteiger partial charge in [0.05, 0.1) is 18.8 Å². The Morgan fingerprint density at radius 2 is 1.90 bits per heavy atom. The molecule has 0 aliphatic carbocycles. The van der Waals surface area contributed by atoms with Gasteiger partial charge in [-0.1, -0.05) is 24.0 Å². The molecule has 0 saturated carbocycles. The van der Waals surface area contributed by atoms with E-state index >= 15 is 0 Å². The maximum Gasteiger partial charge on any atom is 0.416 e. The Balaban J connectivity index is 1.44. The molecule has 1 saturated heterocycles. The largest absolute Gasteiger partial charge is 0.416 e. The van der Waals surface area contributed by atoms with Crippen molar-refractivity contribution in [2.75, 3.05) is 50.4 Å². The summed E-state index contributed by atoms with van der Waals surface area (Å²) >= 11 is 0. The molecule has 3 aromatic rings. The number of nitrogens with one attached hydrogen (secondary N) is 2. The second-order valence-electron chi connectivity index (χ2n) is 9.33. The van der Waals surface area contributed by atoms with Crippen LogP contribution in [0.3, 0.4) is 0 Å². The Labute approximate surface area is 229 Å². The zero-order chi connectivity index (χ0) is 28.7. The minimum absolute atomic E-state index is 0.0195. The van der Waals surface area contributed by atoms with Crippen molar-refractivity contribution in [2.45, 2.75) is 19.6 Å². The van der Waals surface area contributed by atoms with Crippen LogP contribution in [0, 0.1) is 24.6 Å². The maximum absolute atomic E-state index is 13.8. The van der Waals surface area contributed by atoms with Gasteiger partial charge in [0.15, 0.2) is 11.6 Å². The highest BCUT2D eigenvalue weighted by Crippen LogP contribution is 2.34. The van der Waals surface area contributed by atoms with E-state index in [2.05, 4.69) is 32.4 Å². The van der Waals surface area contributed by atoms with Gasteiger partial charge in [-0.25, -0.2) is 9.37 Å². The first-order valence-corrected chi connectivity index (χ1v) is 12.7. The summed E-state index contributed by atoms with van der Waals surface area (Å²) in [5, 5.41) is 5.62. The van der Waals surface area contributed by atoms with Gasteiger partial charge < -0.3 is 21.1 Å². The average Bonchev–Trinajstić information content (AvgIpc) is 2.93. The molecule has 4 rings (SSSR count). The van der Waals surface area contributed by atoms with Crippen LogP contribution in [-0.4, -0.2) is 55.2 Å². The molecular formula is C29H29F4N5O2. The van der Waals surface area contributed by atoms with E-state index in [4.69, 9.17) is 10.5 Å². The summed E-state index contributed by atoms with van der Waals surface area (Å²) in [6, 6.07) is 9.66. The van der Waals surface area contributed by atoms with Crippen molar-refractivity contribution in [3.63, 3.8) is 0 Å². The monoisotopic (exact) mass is 555 g/mol. The Morgan fingerprint density at radius 1 is 1.12 bits per heavy atom. The number of anilines is 2. The third-order valence-electron chi connectivity index (χ3n) is 6.41. The van der Waals surface area contributed by atoms with Crippen molar-refractivity contribution in [3.05, 3.63) is 87.9 Å². The smallest absolute Gasteiger partial charge is 0.381 e. The van der Waals surface area contributed by atoms with Gasteiger partial charge in [-0.15, -0.1) is 0 Å². The van der Waals surface area contributed by atoms with Gasteiger partial charge in [-0.05, 0) is 48.4 Å². The van der Waals surface area contributed by atoms with E-state index in [1.165, 1.54) is 24.4 Å². The lowest BCUT2D eigenvalue weighted by Crippen LogP contribution is -2.40. The lowest BCUT2D eigenvalue weighted by Gasteiger charge is -2.26. The molecule has 1 aliphatic heterocycles. The molecule has 0 atom stereocenters. The standard InChI is InChI=1S/C29H29F4N5O2/c1-19-2-4-22(15-21(19)5-3-20-14-26(30)27(34)36-17-20)28(39)37-24-7-6-23(25(16-24)29(31,32)33)18-35-8-9-38-10-12-40-13-11-38/h2,4,6-7,14-17,35H,8-13,18H2,1H3,(H2,34,36)(H,37,39).